The van der Waals surface area contributed by atoms with Crippen LogP contribution in [0, 0.1) is 0 Å². The van der Waals surface area contributed by atoms with Crippen LogP contribution in [0.5, 0.6) is 5.75 Å². The van der Waals surface area contributed by atoms with Gasteiger partial charge in [-0.3, -0.25) is 9.59 Å². The number of pyridine rings is 1. The van der Waals surface area contributed by atoms with Gasteiger partial charge in [-0.2, -0.15) is 0 Å². The first-order valence-electron chi connectivity index (χ1n) is 11.0. The number of piperazine rings is 1. The van der Waals surface area contributed by atoms with E-state index in [1.807, 2.05) is 18.2 Å². The number of benzene rings is 1. The lowest BCUT2D eigenvalue weighted by Crippen LogP contribution is -2.50. The van der Waals surface area contributed by atoms with Gasteiger partial charge in [0.2, 0.25) is 0 Å². The van der Waals surface area contributed by atoms with E-state index in [1.165, 1.54) is 0 Å². The number of hydrogen-bond acceptors (Lipinski definition) is 6. The molecule has 32 heavy (non-hydrogen) atoms. The highest BCUT2D eigenvalue weighted by Crippen LogP contribution is 2.20. The van der Waals surface area contributed by atoms with Gasteiger partial charge in [0.05, 0.1) is 24.9 Å². The van der Waals surface area contributed by atoms with E-state index in [4.69, 9.17) is 9.47 Å². The summed E-state index contributed by atoms with van der Waals surface area (Å²) in [5.74, 6) is 1.41. The first-order valence-corrected chi connectivity index (χ1v) is 11.0. The summed E-state index contributed by atoms with van der Waals surface area (Å²) in [6, 6.07) is 10.9. The van der Waals surface area contributed by atoms with E-state index in [2.05, 4.69) is 23.7 Å². The number of nitrogens with zero attached hydrogens (tertiary/aromatic N) is 4. The molecule has 0 saturated carbocycles. The molecule has 2 aliphatic heterocycles. The molecule has 0 aliphatic carbocycles. The highest BCUT2D eigenvalue weighted by Gasteiger charge is 2.27. The second-order valence-corrected chi connectivity index (χ2v) is 8.38. The Kier molecular flexibility index (Phi) is 6.60. The summed E-state index contributed by atoms with van der Waals surface area (Å²) in [7, 11) is 1.58. The molecular formula is C24H30N4O4. The van der Waals surface area contributed by atoms with Gasteiger partial charge >= 0.3 is 0 Å². The van der Waals surface area contributed by atoms with Crippen LogP contribution in [0.1, 0.15) is 34.6 Å². The van der Waals surface area contributed by atoms with Gasteiger partial charge in [-0.15, -0.1) is 0 Å². The molecule has 170 valence electrons. The van der Waals surface area contributed by atoms with E-state index in [-0.39, 0.29) is 24.0 Å². The minimum atomic E-state index is -0.0544. The van der Waals surface area contributed by atoms with Gasteiger partial charge in [-0.05, 0) is 44.2 Å². The van der Waals surface area contributed by atoms with Crippen molar-refractivity contribution in [2.45, 2.75) is 26.1 Å². The zero-order valence-electron chi connectivity index (χ0n) is 18.9. The molecule has 0 bridgehead atoms. The molecule has 1 aromatic carbocycles. The number of aromatic nitrogens is 1. The van der Waals surface area contributed by atoms with E-state index in [1.54, 1.807) is 41.3 Å². The number of ether oxygens (including phenoxy) is 2. The van der Waals surface area contributed by atoms with Gasteiger partial charge in [0.15, 0.2) is 0 Å². The highest BCUT2D eigenvalue weighted by atomic mass is 16.5. The molecule has 8 nitrogen and oxygen atoms in total. The smallest absolute Gasteiger partial charge is 0.255 e. The predicted octanol–water partition coefficient (Wildman–Crippen LogP) is 2.30. The second-order valence-electron chi connectivity index (χ2n) is 8.38. The third-order valence-corrected chi connectivity index (χ3v) is 5.91. The van der Waals surface area contributed by atoms with Gasteiger partial charge in [-0.1, -0.05) is 6.07 Å². The Labute approximate surface area is 188 Å². The lowest BCUT2D eigenvalue weighted by molar-refractivity contribution is -0.00546. The van der Waals surface area contributed by atoms with Crippen LogP contribution in [-0.2, 0) is 4.74 Å². The molecule has 2 atom stereocenters. The molecular weight excluding hydrogens is 408 g/mol. The fourth-order valence-electron chi connectivity index (χ4n) is 4.30. The normalized spacial score (nSPS) is 21.4. The Morgan fingerprint density at radius 3 is 2.12 bits per heavy atom. The fourth-order valence-corrected chi connectivity index (χ4v) is 4.30. The number of rotatable bonds is 4. The minimum Gasteiger partial charge on any atom is -0.497 e. The summed E-state index contributed by atoms with van der Waals surface area (Å²) < 4.78 is 11.0. The maximum Gasteiger partial charge on any atom is 0.255 e. The van der Waals surface area contributed by atoms with Gasteiger partial charge < -0.3 is 24.2 Å². The van der Waals surface area contributed by atoms with Crippen molar-refractivity contribution in [3.63, 3.8) is 0 Å². The minimum absolute atomic E-state index is 0.0454. The molecule has 4 rings (SSSR count). The van der Waals surface area contributed by atoms with E-state index in [0.29, 0.717) is 43.1 Å². The largest absolute Gasteiger partial charge is 0.497 e. The third kappa shape index (κ3) is 4.85. The lowest BCUT2D eigenvalue weighted by atomic mass is 10.1. The SMILES string of the molecule is COc1cccc(C(=O)N2CCN(C(=O)c3ccc(N4C[C@@H](C)O[C@H](C)C4)nc3)CC2)c1. The van der Waals surface area contributed by atoms with Gasteiger partial charge in [0.1, 0.15) is 11.6 Å². The van der Waals surface area contributed by atoms with Crippen molar-refractivity contribution < 1.29 is 19.1 Å². The number of anilines is 1. The summed E-state index contributed by atoms with van der Waals surface area (Å²) >= 11 is 0. The van der Waals surface area contributed by atoms with Crippen molar-refractivity contribution in [2.75, 3.05) is 51.3 Å². The van der Waals surface area contributed by atoms with Crippen molar-refractivity contribution in [1.82, 2.24) is 14.8 Å². The second kappa shape index (κ2) is 9.56. The maximum atomic E-state index is 13.0. The standard InChI is InChI=1S/C24H30N4O4/c1-17-15-28(16-18(2)32-17)22-8-7-20(14-25-22)24(30)27-11-9-26(10-12-27)23(29)19-5-4-6-21(13-19)31-3/h4-8,13-14,17-18H,9-12,15-16H2,1-3H3/t17-,18-/m1/s1. The van der Waals surface area contributed by atoms with Crippen LogP contribution in [0.25, 0.3) is 0 Å². The summed E-state index contributed by atoms with van der Waals surface area (Å²) in [5.41, 5.74) is 1.16. The van der Waals surface area contributed by atoms with E-state index in [0.717, 1.165) is 18.9 Å². The molecule has 1 aromatic heterocycles. The van der Waals surface area contributed by atoms with Crippen molar-refractivity contribution in [1.29, 1.82) is 0 Å². The number of carbonyl (C=O) groups is 2. The molecule has 2 amide bonds. The van der Waals surface area contributed by atoms with Crippen LogP contribution < -0.4 is 9.64 Å². The Morgan fingerprint density at radius 1 is 0.938 bits per heavy atom. The van der Waals surface area contributed by atoms with Crippen LogP contribution in [0.3, 0.4) is 0 Å². The molecule has 2 saturated heterocycles. The number of methoxy groups -OCH3 is 1. The average Bonchev–Trinajstić information content (AvgIpc) is 2.83. The van der Waals surface area contributed by atoms with Crippen LogP contribution in [0.2, 0.25) is 0 Å². The van der Waals surface area contributed by atoms with Crippen LogP contribution in [0.15, 0.2) is 42.6 Å². The van der Waals surface area contributed by atoms with Crippen molar-refractivity contribution in [3.8, 4) is 5.75 Å². The van der Waals surface area contributed by atoms with Crippen LogP contribution in [0.4, 0.5) is 5.82 Å². The van der Waals surface area contributed by atoms with Crippen LogP contribution in [-0.4, -0.2) is 85.2 Å². The quantitative estimate of drug-likeness (QED) is 0.729. The Hall–Kier alpha value is -3.13. The number of morpholine rings is 1. The van der Waals surface area contributed by atoms with Gasteiger partial charge in [0, 0.05) is 51.0 Å². The zero-order valence-corrected chi connectivity index (χ0v) is 18.9. The number of amides is 2. The first-order chi connectivity index (χ1) is 15.4. The third-order valence-electron chi connectivity index (χ3n) is 5.91. The van der Waals surface area contributed by atoms with Crippen molar-refractivity contribution >= 4 is 17.6 Å². The summed E-state index contributed by atoms with van der Waals surface area (Å²) in [5, 5.41) is 0. The summed E-state index contributed by atoms with van der Waals surface area (Å²) in [6.45, 7) is 7.66. The molecule has 0 unspecified atom stereocenters. The lowest BCUT2D eigenvalue weighted by Gasteiger charge is -2.36. The van der Waals surface area contributed by atoms with Crippen molar-refractivity contribution in [3.05, 3.63) is 53.7 Å². The highest BCUT2D eigenvalue weighted by molar-refractivity contribution is 5.96. The molecule has 3 heterocycles. The Morgan fingerprint density at radius 2 is 1.56 bits per heavy atom. The monoisotopic (exact) mass is 438 g/mol. The van der Waals surface area contributed by atoms with Crippen molar-refractivity contribution in [2.24, 2.45) is 0 Å². The van der Waals surface area contributed by atoms with E-state index >= 15 is 0 Å². The molecule has 2 fully saturated rings. The Balaban J connectivity index is 1.34. The average molecular weight is 439 g/mol. The molecule has 8 heteroatoms. The van der Waals surface area contributed by atoms with Gasteiger partial charge in [-0.25, -0.2) is 4.98 Å². The number of hydrogen-bond donors (Lipinski definition) is 0. The van der Waals surface area contributed by atoms with Crippen LogP contribution >= 0.6 is 0 Å². The predicted molar refractivity (Wildman–Crippen MR) is 121 cm³/mol. The molecule has 0 radical (unpaired) electrons. The topological polar surface area (TPSA) is 75.2 Å². The van der Waals surface area contributed by atoms with Gasteiger partial charge in [0.25, 0.3) is 11.8 Å². The maximum absolute atomic E-state index is 13.0. The fraction of sp³-hybridized carbons (Fsp3) is 0.458. The zero-order chi connectivity index (χ0) is 22.7. The summed E-state index contributed by atoms with van der Waals surface area (Å²) in [6.07, 6.45) is 1.95. The first kappa shape index (κ1) is 22.1. The van der Waals surface area contributed by atoms with E-state index in [9.17, 15) is 9.59 Å². The molecule has 2 aliphatic rings. The molecule has 0 N–H and O–H groups in total. The van der Waals surface area contributed by atoms with E-state index < -0.39 is 0 Å². The molecule has 2 aromatic rings. The molecule has 0 spiro atoms. The number of carbonyl (C=O) groups excluding carboxylic acids is 2. The Bertz CT molecular complexity index is 947. The summed E-state index contributed by atoms with van der Waals surface area (Å²) in [4.78, 5) is 36.0.